The van der Waals surface area contributed by atoms with E-state index >= 15 is 0 Å². The van der Waals surface area contributed by atoms with Gasteiger partial charge in [0.15, 0.2) is 0 Å². The molecular formula is C15H24S. The minimum absolute atomic E-state index is 0.143. The highest BCUT2D eigenvalue weighted by Crippen LogP contribution is 2.39. The molecule has 0 heterocycles. The zero-order valence-electron chi connectivity index (χ0n) is 11.6. The third-order valence-corrected chi connectivity index (χ3v) is 3.59. The maximum Gasteiger partial charge on any atom is 0.0229 e. The Balaban J connectivity index is 5.56. The first-order valence-corrected chi connectivity index (χ1v) is 6.57. The molecule has 90 valence electrons. The largest absolute Gasteiger partial charge is 0.108 e. The maximum atomic E-state index is 5.45. The SMILES string of the molecule is C#CSC(/C(=C\C)C(C)(C)C)=C(\C)C(C)C. The van der Waals surface area contributed by atoms with Crippen LogP contribution in [0.3, 0.4) is 0 Å². The van der Waals surface area contributed by atoms with Crippen molar-refractivity contribution >= 4 is 11.8 Å². The van der Waals surface area contributed by atoms with Gasteiger partial charge in [0.1, 0.15) is 0 Å². The van der Waals surface area contributed by atoms with Gasteiger partial charge in [-0.1, -0.05) is 46.3 Å². The van der Waals surface area contributed by atoms with E-state index in [1.54, 1.807) is 0 Å². The summed E-state index contributed by atoms with van der Waals surface area (Å²) in [4.78, 5) is 1.27. The molecule has 0 aliphatic rings. The molecule has 1 heteroatoms. The lowest BCUT2D eigenvalue weighted by molar-refractivity contribution is 0.512. The number of hydrogen-bond donors (Lipinski definition) is 0. The molecule has 0 radical (unpaired) electrons. The predicted molar refractivity (Wildman–Crippen MR) is 77.2 cm³/mol. The van der Waals surface area contributed by atoms with Crippen LogP contribution in [-0.4, -0.2) is 0 Å². The zero-order chi connectivity index (χ0) is 12.9. The van der Waals surface area contributed by atoms with E-state index in [0.29, 0.717) is 5.92 Å². The monoisotopic (exact) mass is 236 g/mol. The topological polar surface area (TPSA) is 0 Å². The molecule has 16 heavy (non-hydrogen) atoms. The number of allylic oxidation sites excluding steroid dienone is 3. The van der Waals surface area contributed by atoms with Crippen molar-refractivity contribution in [1.82, 2.24) is 0 Å². The second-order valence-corrected chi connectivity index (χ2v) is 6.19. The van der Waals surface area contributed by atoms with Gasteiger partial charge in [0.05, 0.1) is 0 Å². The van der Waals surface area contributed by atoms with Crippen molar-refractivity contribution < 1.29 is 0 Å². The first kappa shape index (κ1) is 15.4. The molecule has 0 atom stereocenters. The number of hydrogen-bond acceptors (Lipinski definition) is 1. The van der Waals surface area contributed by atoms with Crippen molar-refractivity contribution in [2.75, 3.05) is 0 Å². The Morgan fingerprint density at radius 1 is 1.31 bits per heavy atom. The lowest BCUT2D eigenvalue weighted by Gasteiger charge is -2.26. The van der Waals surface area contributed by atoms with Gasteiger partial charge < -0.3 is 0 Å². The van der Waals surface area contributed by atoms with Crippen LogP contribution in [0.25, 0.3) is 0 Å². The van der Waals surface area contributed by atoms with Gasteiger partial charge in [-0.15, -0.1) is 6.42 Å². The quantitative estimate of drug-likeness (QED) is 0.477. The Labute approximate surface area is 106 Å². The fraction of sp³-hybridized carbons (Fsp3) is 0.600. The molecule has 0 N–H and O–H groups in total. The highest BCUT2D eigenvalue weighted by atomic mass is 32.2. The Hall–Kier alpha value is -0.610. The smallest absolute Gasteiger partial charge is 0.0229 e. The summed E-state index contributed by atoms with van der Waals surface area (Å²) >= 11 is 1.51. The summed E-state index contributed by atoms with van der Waals surface area (Å²) in [6.45, 7) is 15.4. The second-order valence-electron chi connectivity index (χ2n) is 5.34. The summed E-state index contributed by atoms with van der Waals surface area (Å²) in [7, 11) is 0. The maximum absolute atomic E-state index is 5.45. The van der Waals surface area contributed by atoms with Crippen LogP contribution < -0.4 is 0 Å². The lowest BCUT2D eigenvalue weighted by Crippen LogP contribution is -2.12. The third-order valence-electron chi connectivity index (χ3n) is 2.73. The minimum Gasteiger partial charge on any atom is -0.108 e. The molecule has 0 unspecified atom stereocenters. The van der Waals surface area contributed by atoms with Gasteiger partial charge in [-0.3, -0.25) is 0 Å². The van der Waals surface area contributed by atoms with Crippen molar-refractivity contribution in [3.63, 3.8) is 0 Å². The third kappa shape index (κ3) is 4.10. The minimum atomic E-state index is 0.143. The Bertz CT molecular complexity index is 329. The molecule has 0 rings (SSSR count). The molecule has 0 aliphatic heterocycles. The van der Waals surface area contributed by atoms with Crippen molar-refractivity contribution in [3.8, 4) is 11.7 Å². The summed E-state index contributed by atoms with van der Waals surface area (Å²) < 4.78 is 0. The van der Waals surface area contributed by atoms with Gasteiger partial charge >= 0.3 is 0 Å². The molecule has 0 aromatic carbocycles. The van der Waals surface area contributed by atoms with Crippen molar-refractivity contribution in [3.05, 3.63) is 22.1 Å². The van der Waals surface area contributed by atoms with Crippen LogP contribution in [0.4, 0.5) is 0 Å². The lowest BCUT2D eigenvalue weighted by atomic mass is 9.84. The van der Waals surface area contributed by atoms with E-state index in [0.717, 1.165) is 0 Å². The van der Waals surface area contributed by atoms with Crippen LogP contribution >= 0.6 is 11.8 Å². The van der Waals surface area contributed by atoms with Crippen LogP contribution in [0.1, 0.15) is 48.5 Å². The molecule has 0 aromatic heterocycles. The molecule has 0 saturated carbocycles. The highest BCUT2D eigenvalue weighted by molar-refractivity contribution is 8.07. The van der Waals surface area contributed by atoms with Crippen LogP contribution in [0.2, 0.25) is 0 Å². The van der Waals surface area contributed by atoms with Gasteiger partial charge in [0, 0.05) is 4.91 Å². The Morgan fingerprint density at radius 2 is 1.81 bits per heavy atom. The van der Waals surface area contributed by atoms with E-state index < -0.39 is 0 Å². The zero-order valence-corrected chi connectivity index (χ0v) is 12.5. The standard InChI is InChI=1S/C15H24S/c1-9-13(15(6,7)8)14(16-10-2)12(5)11(3)4/h2,9,11H,1,3-8H3/b13-9+,14-12+. The van der Waals surface area contributed by atoms with E-state index in [9.17, 15) is 0 Å². The molecular weight excluding hydrogens is 212 g/mol. The van der Waals surface area contributed by atoms with Crippen LogP contribution in [0, 0.1) is 23.0 Å². The predicted octanol–water partition coefficient (Wildman–Crippen LogP) is 5.23. The highest BCUT2D eigenvalue weighted by Gasteiger charge is 2.22. The molecule has 0 saturated heterocycles. The van der Waals surface area contributed by atoms with Gasteiger partial charge in [-0.25, -0.2) is 0 Å². The van der Waals surface area contributed by atoms with E-state index in [2.05, 4.69) is 59.8 Å². The van der Waals surface area contributed by atoms with Crippen molar-refractivity contribution in [2.45, 2.75) is 48.5 Å². The van der Waals surface area contributed by atoms with Gasteiger partial charge in [-0.2, -0.15) is 0 Å². The molecule has 0 aliphatic carbocycles. The van der Waals surface area contributed by atoms with E-state index in [1.165, 1.54) is 27.8 Å². The summed E-state index contributed by atoms with van der Waals surface area (Å²) in [5, 5.41) is 2.71. The summed E-state index contributed by atoms with van der Waals surface area (Å²) in [6.07, 6.45) is 7.64. The van der Waals surface area contributed by atoms with E-state index in [4.69, 9.17) is 6.42 Å². The normalized spacial score (nSPS) is 14.8. The van der Waals surface area contributed by atoms with Gasteiger partial charge in [0.2, 0.25) is 0 Å². The van der Waals surface area contributed by atoms with Gasteiger partial charge in [-0.05, 0) is 47.8 Å². The average Bonchev–Trinajstić information content (AvgIpc) is 2.14. The molecule has 0 fully saturated rings. The van der Waals surface area contributed by atoms with Gasteiger partial charge in [0.25, 0.3) is 0 Å². The summed E-state index contributed by atoms with van der Waals surface area (Å²) in [5.74, 6) is 0.535. The average molecular weight is 236 g/mol. The van der Waals surface area contributed by atoms with Crippen molar-refractivity contribution in [2.24, 2.45) is 11.3 Å². The second kappa shape index (κ2) is 6.21. The fourth-order valence-electron chi connectivity index (χ4n) is 1.57. The van der Waals surface area contributed by atoms with E-state index in [1.807, 2.05) is 0 Å². The Kier molecular flexibility index (Phi) is 5.97. The summed E-state index contributed by atoms with van der Waals surface area (Å²) in [5.41, 5.74) is 2.87. The number of rotatable bonds is 3. The van der Waals surface area contributed by atoms with Crippen LogP contribution in [0.15, 0.2) is 22.1 Å². The molecule has 0 bridgehead atoms. The Morgan fingerprint density at radius 3 is 2.06 bits per heavy atom. The molecule has 0 nitrogen and oxygen atoms in total. The first-order chi connectivity index (χ1) is 7.25. The summed E-state index contributed by atoms with van der Waals surface area (Å²) in [6, 6.07) is 0. The molecule has 0 amide bonds. The molecule has 0 aromatic rings. The van der Waals surface area contributed by atoms with Crippen LogP contribution in [-0.2, 0) is 0 Å². The number of thioether (sulfide) groups is 1. The van der Waals surface area contributed by atoms with Crippen LogP contribution in [0.5, 0.6) is 0 Å². The number of terminal acetylenes is 1. The van der Waals surface area contributed by atoms with Crippen molar-refractivity contribution in [1.29, 1.82) is 0 Å². The first-order valence-electron chi connectivity index (χ1n) is 5.76. The fourth-order valence-corrected chi connectivity index (χ4v) is 2.62. The molecule has 0 spiro atoms. The van der Waals surface area contributed by atoms with E-state index in [-0.39, 0.29) is 5.41 Å².